The highest BCUT2D eigenvalue weighted by molar-refractivity contribution is 5.78. The molecule has 3 aromatic rings. The summed E-state index contributed by atoms with van der Waals surface area (Å²) in [4.78, 5) is 21.1. The van der Waals surface area contributed by atoms with Crippen LogP contribution in [0, 0.1) is 11.3 Å². The molecule has 1 N–H and O–H groups in total. The van der Waals surface area contributed by atoms with Crippen molar-refractivity contribution in [3.63, 3.8) is 0 Å². The Morgan fingerprint density at radius 2 is 1.97 bits per heavy atom. The third-order valence-electron chi connectivity index (χ3n) is 6.72. The zero-order valence-corrected chi connectivity index (χ0v) is 19.4. The van der Waals surface area contributed by atoms with E-state index in [0.29, 0.717) is 50.3 Å². The Balaban J connectivity index is 1.15. The molecule has 5 rings (SSSR count). The highest BCUT2D eigenvalue weighted by atomic mass is 16.4. The Bertz CT molecular complexity index is 1190. The number of hydrogen-bond acceptors (Lipinski definition) is 7. The number of aryl methyl sites for hydroxylation is 2. The molecule has 1 aliphatic heterocycles. The number of amides is 1. The van der Waals surface area contributed by atoms with E-state index in [1.54, 1.807) is 18.4 Å². The van der Waals surface area contributed by atoms with E-state index in [1.807, 2.05) is 11.8 Å². The Morgan fingerprint density at radius 1 is 1.18 bits per heavy atom. The lowest BCUT2D eigenvalue weighted by Crippen LogP contribution is -2.49. The Morgan fingerprint density at radius 3 is 2.71 bits per heavy atom. The predicted octanol–water partition coefficient (Wildman–Crippen LogP) is 3.68. The molecular formula is C26H29N5O3. The summed E-state index contributed by atoms with van der Waals surface area (Å²) in [6.45, 7) is 5.08. The molecule has 34 heavy (non-hydrogen) atoms. The second-order valence-electron chi connectivity index (χ2n) is 9.05. The van der Waals surface area contributed by atoms with Crippen LogP contribution in [0.15, 0.2) is 45.4 Å². The van der Waals surface area contributed by atoms with Crippen molar-refractivity contribution in [3.05, 3.63) is 59.0 Å². The first-order valence-corrected chi connectivity index (χ1v) is 11.9. The van der Waals surface area contributed by atoms with Crippen LogP contribution in [0.5, 0.6) is 0 Å². The summed E-state index contributed by atoms with van der Waals surface area (Å²) >= 11 is 0. The highest BCUT2D eigenvalue weighted by Gasteiger charge is 2.26. The van der Waals surface area contributed by atoms with E-state index < -0.39 is 0 Å². The molecule has 1 aromatic carbocycles. The number of piperazine rings is 1. The van der Waals surface area contributed by atoms with Gasteiger partial charge in [-0.25, -0.2) is 0 Å². The maximum absolute atomic E-state index is 12.7. The number of fused-ring (bicyclic) bond motifs is 1. The van der Waals surface area contributed by atoms with Crippen molar-refractivity contribution >= 4 is 11.8 Å². The molecule has 0 bridgehead atoms. The van der Waals surface area contributed by atoms with Gasteiger partial charge in [0, 0.05) is 26.2 Å². The lowest BCUT2D eigenvalue weighted by Gasteiger charge is -2.34. The minimum atomic E-state index is -0.0200. The molecular weight excluding hydrogens is 430 g/mol. The SMILES string of the molecule is CC(NC(=O)CN1CCN(c2oc(-c3ccco3)nc2C#N)CC1)c1ccc2c(c1)CCCC2. The van der Waals surface area contributed by atoms with Gasteiger partial charge in [0.05, 0.1) is 18.8 Å². The zero-order valence-electron chi connectivity index (χ0n) is 19.4. The number of anilines is 1. The number of carbonyl (C=O) groups is 1. The van der Waals surface area contributed by atoms with Gasteiger partial charge in [-0.1, -0.05) is 18.2 Å². The number of furan rings is 1. The van der Waals surface area contributed by atoms with Gasteiger partial charge >= 0.3 is 0 Å². The summed E-state index contributed by atoms with van der Waals surface area (Å²) in [5.74, 6) is 1.27. The Labute approximate surface area is 199 Å². The molecule has 1 unspecified atom stereocenters. The van der Waals surface area contributed by atoms with Crippen LogP contribution in [0.2, 0.25) is 0 Å². The maximum atomic E-state index is 12.7. The fraction of sp³-hybridized carbons (Fsp3) is 0.423. The van der Waals surface area contributed by atoms with Crippen molar-refractivity contribution in [2.75, 3.05) is 37.6 Å². The van der Waals surface area contributed by atoms with Gasteiger partial charge in [-0.2, -0.15) is 10.2 Å². The van der Waals surface area contributed by atoms with Gasteiger partial charge in [-0.05, 0) is 61.4 Å². The fourth-order valence-corrected chi connectivity index (χ4v) is 4.81. The van der Waals surface area contributed by atoms with Crippen molar-refractivity contribution in [2.24, 2.45) is 0 Å². The van der Waals surface area contributed by atoms with Crippen molar-refractivity contribution in [1.82, 2.24) is 15.2 Å². The van der Waals surface area contributed by atoms with E-state index in [9.17, 15) is 10.1 Å². The molecule has 1 amide bonds. The number of nitriles is 1. The lowest BCUT2D eigenvalue weighted by atomic mass is 9.89. The Hall–Kier alpha value is -3.57. The highest BCUT2D eigenvalue weighted by Crippen LogP contribution is 2.29. The first-order chi connectivity index (χ1) is 16.6. The summed E-state index contributed by atoms with van der Waals surface area (Å²) in [6.07, 6.45) is 6.36. The van der Waals surface area contributed by atoms with Crippen LogP contribution in [0.1, 0.15) is 48.2 Å². The van der Waals surface area contributed by atoms with E-state index in [-0.39, 0.29) is 17.6 Å². The molecule has 0 saturated carbocycles. The summed E-state index contributed by atoms with van der Waals surface area (Å²) in [5.41, 5.74) is 4.30. The molecule has 1 atom stereocenters. The van der Waals surface area contributed by atoms with Gasteiger partial charge in [-0.15, -0.1) is 0 Å². The average molecular weight is 460 g/mol. The minimum absolute atomic E-state index is 0.0200. The van der Waals surface area contributed by atoms with E-state index in [0.717, 1.165) is 12.8 Å². The number of nitrogens with zero attached hydrogens (tertiary/aromatic N) is 4. The molecule has 8 nitrogen and oxygen atoms in total. The van der Waals surface area contributed by atoms with E-state index >= 15 is 0 Å². The van der Waals surface area contributed by atoms with Crippen LogP contribution in [-0.4, -0.2) is 48.5 Å². The normalized spacial score (nSPS) is 17.1. The Kier molecular flexibility index (Phi) is 6.37. The maximum Gasteiger partial charge on any atom is 0.266 e. The van der Waals surface area contributed by atoms with Gasteiger partial charge in [0.1, 0.15) is 6.07 Å². The van der Waals surface area contributed by atoms with Crippen LogP contribution in [-0.2, 0) is 17.6 Å². The predicted molar refractivity (Wildman–Crippen MR) is 127 cm³/mol. The summed E-state index contributed by atoms with van der Waals surface area (Å²) in [5, 5.41) is 12.6. The molecule has 1 aliphatic carbocycles. The van der Waals surface area contributed by atoms with Crippen LogP contribution >= 0.6 is 0 Å². The lowest BCUT2D eigenvalue weighted by molar-refractivity contribution is -0.123. The third kappa shape index (κ3) is 4.70. The summed E-state index contributed by atoms with van der Waals surface area (Å²) in [7, 11) is 0. The summed E-state index contributed by atoms with van der Waals surface area (Å²) < 4.78 is 11.2. The van der Waals surface area contributed by atoms with E-state index in [4.69, 9.17) is 8.83 Å². The van der Waals surface area contributed by atoms with Gasteiger partial charge in [0.15, 0.2) is 5.76 Å². The third-order valence-corrected chi connectivity index (χ3v) is 6.72. The molecule has 1 fully saturated rings. The van der Waals surface area contributed by atoms with Crippen molar-refractivity contribution < 1.29 is 13.6 Å². The standard InChI is InChI=1S/C26H29N5O3/c1-18(20-9-8-19-5-2-3-6-21(19)15-20)28-24(32)17-30-10-12-31(13-11-30)26-22(16-27)29-25(34-26)23-7-4-14-33-23/h4,7-9,14-15,18H,2-3,5-6,10-13,17H2,1H3,(H,28,32). The van der Waals surface area contributed by atoms with E-state index in [2.05, 4.69) is 39.5 Å². The molecule has 8 heteroatoms. The number of oxazole rings is 1. The second-order valence-corrected chi connectivity index (χ2v) is 9.05. The number of benzene rings is 1. The number of nitrogens with one attached hydrogen (secondary N) is 1. The van der Waals surface area contributed by atoms with Gasteiger partial charge in [-0.3, -0.25) is 9.69 Å². The topological polar surface area (TPSA) is 98.5 Å². The number of aromatic nitrogens is 1. The van der Waals surface area contributed by atoms with Gasteiger partial charge in [0.25, 0.3) is 5.89 Å². The smallest absolute Gasteiger partial charge is 0.266 e. The average Bonchev–Trinajstić information content (AvgIpc) is 3.54. The van der Waals surface area contributed by atoms with E-state index in [1.165, 1.54) is 29.5 Å². The van der Waals surface area contributed by atoms with Crippen LogP contribution < -0.4 is 10.2 Å². The van der Waals surface area contributed by atoms with Gasteiger partial charge in [0.2, 0.25) is 17.5 Å². The fourth-order valence-electron chi connectivity index (χ4n) is 4.81. The van der Waals surface area contributed by atoms with Crippen molar-refractivity contribution in [1.29, 1.82) is 5.26 Å². The van der Waals surface area contributed by atoms with Crippen LogP contribution in [0.25, 0.3) is 11.7 Å². The number of rotatable bonds is 6. The molecule has 176 valence electrons. The molecule has 2 aromatic heterocycles. The first-order valence-electron chi connectivity index (χ1n) is 11.9. The monoisotopic (exact) mass is 459 g/mol. The van der Waals surface area contributed by atoms with Crippen LogP contribution in [0.4, 0.5) is 5.88 Å². The number of carbonyl (C=O) groups excluding carboxylic acids is 1. The van der Waals surface area contributed by atoms with Crippen molar-refractivity contribution in [3.8, 4) is 17.7 Å². The van der Waals surface area contributed by atoms with Crippen LogP contribution in [0.3, 0.4) is 0 Å². The minimum Gasteiger partial charge on any atom is -0.459 e. The molecule has 1 saturated heterocycles. The molecule has 3 heterocycles. The number of hydrogen-bond donors (Lipinski definition) is 1. The van der Waals surface area contributed by atoms with Gasteiger partial charge < -0.3 is 19.1 Å². The zero-order chi connectivity index (χ0) is 23.5. The molecule has 2 aliphatic rings. The van der Waals surface area contributed by atoms with Crippen molar-refractivity contribution in [2.45, 2.75) is 38.6 Å². The molecule has 0 radical (unpaired) electrons. The largest absolute Gasteiger partial charge is 0.459 e. The quantitative estimate of drug-likeness (QED) is 0.600. The first kappa shape index (κ1) is 22.2. The second kappa shape index (κ2) is 9.74. The summed E-state index contributed by atoms with van der Waals surface area (Å²) in [6, 6.07) is 12.2. The molecule has 0 spiro atoms.